The van der Waals surface area contributed by atoms with Crippen molar-refractivity contribution in [2.24, 2.45) is 0 Å². The summed E-state index contributed by atoms with van der Waals surface area (Å²) in [6.07, 6.45) is 0. The van der Waals surface area contributed by atoms with Crippen LogP contribution >= 0.6 is 11.6 Å². The van der Waals surface area contributed by atoms with Crippen LogP contribution in [0, 0.1) is 0 Å². The van der Waals surface area contributed by atoms with Gasteiger partial charge in [-0.1, -0.05) is 54.1 Å². The number of rotatable bonds is 3. The highest BCUT2D eigenvalue weighted by Crippen LogP contribution is 2.25. The van der Waals surface area contributed by atoms with Crippen LogP contribution in [0.25, 0.3) is 10.8 Å². The molecule has 5 heteroatoms. The lowest BCUT2D eigenvalue weighted by molar-refractivity contribution is 0.601. The van der Waals surface area contributed by atoms with Crippen molar-refractivity contribution in [2.75, 3.05) is 4.72 Å². The molecule has 0 saturated heterocycles. The van der Waals surface area contributed by atoms with Crippen LogP contribution < -0.4 is 4.72 Å². The standard InChI is InChI=1S/C16H12ClNO2S/c17-15-7-3-4-8-16(15)18-21(19,20)14-10-9-12-5-1-2-6-13(12)11-14/h1-11,18H. The summed E-state index contributed by atoms with van der Waals surface area (Å²) in [6, 6.07) is 19.4. The van der Waals surface area contributed by atoms with Gasteiger partial charge in [0.1, 0.15) is 0 Å². The molecule has 0 atom stereocenters. The fourth-order valence-electron chi connectivity index (χ4n) is 2.08. The lowest BCUT2D eigenvalue weighted by atomic mass is 10.1. The molecule has 0 bridgehead atoms. The Morgan fingerprint density at radius 1 is 0.810 bits per heavy atom. The number of para-hydroxylation sites is 1. The Balaban J connectivity index is 2.02. The molecule has 3 aromatic rings. The maximum Gasteiger partial charge on any atom is 0.261 e. The van der Waals surface area contributed by atoms with Crippen molar-refractivity contribution in [2.45, 2.75) is 4.90 Å². The molecule has 1 N–H and O–H groups in total. The van der Waals surface area contributed by atoms with E-state index in [4.69, 9.17) is 11.6 Å². The maximum atomic E-state index is 12.4. The first-order valence-electron chi connectivity index (χ1n) is 6.32. The summed E-state index contributed by atoms with van der Waals surface area (Å²) in [6.45, 7) is 0. The SMILES string of the molecule is O=S(=O)(Nc1ccccc1Cl)c1ccc2ccccc2c1. The highest BCUT2D eigenvalue weighted by atomic mass is 35.5. The van der Waals surface area contributed by atoms with Crippen LogP contribution in [-0.4, -0.2) is 8.42 Å². The third-order valence-electron chi connectivity index (χ3n) is 3.15. The van der Waals surface area contributed by atoms with E-state index in [-0.39, 0.29) is 4.90 Å². The van der Waals surface area contributed by atoms with Gasteiger partial charge in [-0.05, 0) is 35.0 Å². The second kappa shape index (κ2) is 5.39. The minimum Gasteiger partial charge on any atom is -0.278 e. The van der Waals surface area contributed by atoms with E-state index in [1.165, 1.54) is 0 Å². The molecule has 3 rings (SSSR count). The summed E-state index contributed by atoms with van der Waals surface area (Å²) >= 11 is 5.99. The van der Waals surface area contributed by atoms with Crippen molar-refractivity contribution in [3.8, 4) is 0 Å². The Morgan fingerprint density at radius 2 is 1.48 bits per heavy atom. The molecule has 0 aliphatic rings. The molecule has 0 aliphatic carbocycles. The molecule has 0 aliphatic heterocycles. The second-order valence-electron chi connectivity index (χ2n) is 4.59. The van der Waals surface area contributed by atoms with Gasteiger partial charge in [0.2, 0.25) is 0 Å². The molecule has 0 aromatic heterocycles. The maximum absolute atomic E-state index is 12.4. The number of hydrogen-bond donors (Lipinski definition) is 1. The molecule has 0 amide bonds. The number of hydrogen-bond acceptors (Lipinski definition) is 2. The number of fused-ring (bicyclic) bond motifs is 1. The highest BCUT2D eigenvalue weighted by Gasteiger charge is 2.15. The fourth-order valence-corrected chi connectivity index (χ4v) is 3.44. The van der Waals surface area contributed by atoms with Gasteiger partial charge in [0.15, 0.2) is 0 Å². The largest absolute Gasteiger partial charge is 0.278 e. The van der Waals surface area contributed by atoms with Gasteiger partial charge in [-0.25, -0.2) is 8.42 Å². The first-order valence-corrected chi connectivity index (χ1v) is 8.18. The highest BCUT2D eigenvalue weighted by molar-refractivity contribution is 7.92. The molecule has 3 nitrogen and oxygen atoms in total. The van der Waals surface area contributed by atoms with Gasteiger partial charge in [0.25, 0.3) is 10.0 Å². The number of nitrogens with one attached hydrogen (secondary N) is 1. The molecule has 0 fully saturated rings. The van der Waals surface area contributed by atoms with E-state index in [0.29, 0.717) is 10.7 Å². The third-order valence-corrected chi connectivity index (χ3v) is 4.84. The molecular weight excluding hydrogens is 306 g/mol. The zero-order chi connectivity index (χ0) is 14.9. The summed E-state index contributed by atoms with van der Waals surface area (Å²) in [5, 5.41) is 2.23. The molecular formula is C16H12ClNO2S. The third kappa shape index (κ3) is 2.86. The number of anilines is 1. The van der Waals surface area contributed by atoms with Crippen LogP contribution in [0.4, 0.5) is 5.69 Å². The van der Waals surface area contributed by atoms with Gasteiger partial charge in [0.05, 0.1) is 15.6 Å². The van der Waals surface area contributed by atoms with Gasteiger partial charge < -0.3 is 0 Å². The lowest BCUT2D eigenvalue weighted by Crippen LogP contribution is -2.13. The predicted molar refractivity (Wildman–Crippen MR) is 86.2 cm³/mol. The quantitative estimate of drug-likeness (QED) is 0.783. The van der Waals surface area contributed by atoms with E-state index >= 15 is 0 Å². The van der Waals surface area contributed by atoms with Gasteiger partial charge in [0, 0.05) is 0 Å². The number of halogens is 1. The molecule has 0 spiro atoms. The lowest BCUT2D eigenvalue weighted by Gasteiger charge is -2.10. The first kappa shape index (κ1) is 13.9. The number of benzene rings is 3. The summed E-state index contributed by atoms with van der Waals surface area (Å²) in [4.78, 5) is 0.209. The van der Waals surface area contributed by atoms with E-state index in [2.05, 4.69) is 4.72 Å². The van der Waals surface area contributed by atoms with Gasteiger partial charge in [-0.15, -0.1) is 0 Å². The average molecular weight is 318 g/mol. The van der Waals surface area contributed by atoms with E-state index in [1.807, 2.05) is 24.3 Å². The Bertz CT molecular complexity index is 907. The van der Waals surface area contributed by atoms with Gasteiger partial charge >= 0.3 is 0 Å². The average Bonchev–Trinajstić information content (AvgIpc) is 2.49. The van der Waals surface area contributed by atoms with Crippen molar-refractivity contribution in [1.82, 2.24) is 0 Å². The van der Waals surface area contributed by atoms with Crippen LogP contribution in [-0.2, 0) is 10.0 Å². The van der Waals surface area contributed by atoms with Gasteiger partial charge in [-0.3, -0.25) is 4.72 Å². The molecule has 0 radical (unpaired) electrons. The van der Waals surface area contributed by atoms with Crippen LogP contribution in [0.15, 0.2) is 71.6 Å². The summed E-state index contributed by atoms with van der Waals surface area (Å²) in [7, 11) is -3.66. The van der Waals surface area contributed by atoms with Crippen LogP contribution in [0.2, 0.25) is 5.02 Å². The van der Waals surface area contributed by atoms with Crippen LogP contribution in [0.5, 0.6) is 0 Å². The summed E-state index contributed by atoms with van der Waals surface area (Å²) in [5.41, 5.74) is 0.368. The molecule has 0 heterocycles. The van der Waals surface area contributed by atoms with E-state index in [0.717, 1.165) is 10.8 Å². The minimum absolute atomic E-state index is 0.209. The molecule has 0 saturated carbocycles. The Morgan fingerprint density at radius 3 is 2.24 bits per heavy atom. The summed E-state index contributed by atoms with van der Waals surface area (Å²) < 4.78 is 27.4. The molecule has 3 aromatic carbocycles. The Labute approximate surface area is 128 Å². The topological polar surface area (TPSA) is 46.2 Å². The smallest absolute Gasteiger partial charge is 0.261 e. The van der Waals surface area contributed by atoms with Crippen molar-refractivity contribution in [3.05, 3.63) is 71.8 Å². The minimum atomic E-state index is -3.66. The van der Waals surface area contributed by atoms with Crippen LogP contribution in [0.3, 0.4) is 0 Å². The predicted octanol–water partition coefficient (Wildman–Crippen LogP) is 4.29. The molecule has 106 valence electrons. The Kier molecular flexibility index (Phi) is 3.57. The van der Waals surface area contributed by atoms with E-state index < -0.39 is 10.0 Å². The van der Waals surface area contributed by atoms with E-state index in [1.54, 1.807) is 42.5 Å². The second-order valence-corrected chi connectivity index (χ2v) is 6.68. The first-order chi connectivity index (χ1) is 10.1. The van der Waals surface area contributed by atoms with E-state index in [9.17, 15) is 8.42 Å². The monoisotopic (exact) mass is 317 g/mol. The fraction of sp³-hybridized carbons (Fsp3) is 0. The van der Waals surface area contributed by atoms with Crippen molar-refractivity contribution >= 4 is 38.1 Å². The number of sulfonamides is 1. The zero-order valence-electron chi connectivity index (χ0n) is 11.0. The summed E-state index contributed by atoms with van der Waals surface area (Å²) in [5.74, 6) is 0. The molecule has 0 unspecified atom stereocenters. The van der Waals surface area contributed by atoms with Crippen LogP contribution in [0.1, 0.15) is 0 Å². The Hall–Kier alpha value is -2.04. The van der Waals surface area contributed by atoms with Gasteiger partial charge in [-0.2, -0.15) is 0 Å². The van der Waals surface area contributed by atoms with Crippen molar-refractivity contribution < 1.29 is 8.42 Å². The van der Waals surface area contributed by atoms with Crippen molar-refractivity contribution in [3.63, 3.8) is 0 Å². The molecule has 21 heavy (non-hydrogen) atoms. The van der Waals surface area contributed by atoms with Crippen molar-refractivity contribution in [1.29, 1.82) is 0 Å². The zero-order valence-corrected chi connectivity index (χ0v) is 12.5. The normalized spacial score (nSPS) is 11.5.